The molecule has 0 spiro atoms. The van der Waals surface area contributed by atoms with Crippen LogP contribution in [0, 0.1) is 0 Å². The molecule has 0 saturated carbocycles. The molecule has 4 rings (SSSR count). The Balaban J connectivity index is 1.54. The van der Waals surface area contributed by atoms with Crippen LogP contribution in [0.4, 0.5) is 0 Å². The number of nitrogens with zero attached hydrogens (tertiary/aromatic N) is 2. The van der Waals surface area contributed by atoms with E-state index in [1.807, 2.05) is 65.8 Å². The van der Waals surface area contributed by atoms with Crippen LogP contribution in [0.15, 0.2) is 104 Å². The number of rotatable bonds is 5. The summed E-state index contributed by atoms with van der Waals surface area (Å²) in [5.41, 5.74) is 3.22. The molecule has 0 aliphatic heterocycles. The first-order valence-electron chi connectivity index (χ1n) is 9.43. The van der Waals surface area contributed by atoms with Gasteiger partial charge < -0.3 is 9.79 Å². The SMILES string of the molecule is O=P(O)(O)C1(C[n+]2ccc(-c3cc[n+](-c4ccccc4)cc3)cc2)C=CC=CC1. The van der Waals surface area contributed by atoms with Crippen LogP contribution in [0.5, 0.6) is 0 Å². The van der Waals surface area contributed by atoms with E-state index in [4.69, 9.17) is 0 Å². The Labute approximate surface area is 170 Å². The van der Waals surface area contributed by atoms with E-state index >= 15 is 0 Å². The smallest absolute Gasteiger partial charge is 0.324 e. The van der Waals surface area contributed by atoms with Gasteiger partial charge in [0.15, 0.2) is 36.5 Å². The third-order valence-electron chi connectivity index (χ3n) is 5.27. The number of aromatic nitrogens is 2. The normalized spacial score (nSPS) is 18.7. The summed E-state index contributed by atoms with van der Waals surface area (Å²) < 4.78 is 16.0. The van der Waals surface area contributed by atoms with Gasteiger partial charge in [-0.25, -0.2) is 4.57 Å². The van der Waals surface area contributed by atoms with Gasteiger partial charge in [-0.1, -0.05) is 42.5 Å². The predicted molar refractivity (Wildman–Crippen MR) is 111 cm³/mol. The molecular formula is C23H23N2O3P+2. The maximum absolute atomic E-state index is 12.1. The van der Waals surface area contributed by atoms with Gasteiger partial charge in [-0.2, -0.15) is 4.57 Å². The van der Waals surface area contributed by atoms with Crippen molar-refractivity contribution in [1.82, 2.24) is 0 Å². The molecule has 1 aromatic carbocycles. The third kappa shape index (κ3) is 4.13. The van der Waals surface area contributed by atoms with Crippen LogP contribution < -0.4 is 9.13 Å². The number of hydrogen-bond acceptors (Lipinski definition) is 1. The molecule has 1 unspecified atom stereocenters. The average Bonchev–Trinajstić information content (AvgIpc) is 2.75. The van der Waals surface area contributed by atoms with Crippen LogP contribution in [0.3, 0.4) is 0 Å². The zero-order valence-corrected chi connectivity index (χ0v) is 16.8. The van der Waals surface area contributed by atoms with Gasteiger partial charge in [-0.3, -0.25) is 4.57 Å². The summed E-state index contributed by atoms with van der Waals surface area (Å²) in [7, 11) is -4.30. The molecule has 1 aliphatic carbocycles. The molecule has 6 heteroatoms. The molecule has 0 bridgehead atoms. The largest absolute Gasteiger partial charge is 0.342 e. The van der Waals surface area contributed by atoms with E-state index in [2.05, 4.69) is 28.8 Å². The van der Waals surface area contributed by atoms with E-state index in [-0.39, 0.29) is 6.54 Å². The van der Waals surface area contributed by atoms with Gasteiger partial charge in [-0.15, -0.1) is 0 Å². The Bertz CT molecular complexity index is 1090. The van der Waals surface area contributed by atoms with E-state index in [0.717, 1.165) is 16.8 Å². The Kier molecular flexibility index (Phi) is 5.29. The van der Waals surface area contributed by atoms with Crippen LogP contribution in [0.2, 0.25) is 0 Å². The first-order chi connectivity index (χ1) is 14.0. The van der Waals surface area contributed by atoms with Crippen LogP contribution in [-0.4, -0.2) is 14.9 Å². The Hall–Kier alpha value is -2.85. The molecule has 29 heavy (non-hydrogen) atoms. The molecule has 2 N–H and O–H groups in total. The second kappa shape index (κ2) is 7.88. The summed E-state index contributed by atoms with van der Waals surface area (Å²) in [6.45, 7) is 0.223. The molecule has 0 saturated heterocycles. The molecule has 0 fully saturated rings. The Morgan fingerprint density at radius 3 is 2.03 bits per heavy atom. The number of benzene rings is 1. The molecule has 2 aromatic heterocycles. The highest BCUT2D eigenvalue weighted by Gasteiger charge is 2.48. The fourth-order valence-electron chi connectivity index (χ4n) is 3.54. The second-order valence-corrected chi connectivity index (χ2v) is 9.21. The van der Waals surface area contributed by atoms with Crippen molar-refractivity contribution < 1.29 is 23.5 Å². The van der Waals surface area contributed by atoms with E-state index in [1.165, 1.54) is 0 Å². The van der Waals surface area contributed by atoms with Crippen molar-refractivity contribution in [2.75, 3.05) is 0 Å². The minimum absolute atomic E-state index is 0.223. The highest BCUT2D eigenvalue weighted by Crippen LogP contribution is 2.54. The molecule has 5 nitrogen and oxygen atoms in total. The number of allylic oxidation sites excluding steroid dienone is 4. The minimum atomic E-state index is -4.30. The van der Waals surface area contributed by atoms with Crippen LogP contribution in [0.25, 0.3) is 16.8 Å². The number of hydrogen-bond donors (Lipinski definition) is 2. The van der Waals surface area contributed by atoms with Crippen molar-refractivity contribution in [1.29, 1.82) is 0 Å². The molecule has 1 aliphatic rings. The zero-order chi connectivity index (χ0) is 20.3. The van der Waals surface area contributed by atoms with Crippen molar-refractivity contribution in [3.63, 3.8) is 0 Å². The summed E-state index contributed by atoms with van der Waals surface area (Å²) in [6, 6.07) is 18.2. The van der Waals surface area contributed by atoms with E-state index in [9.17, 15) is 14.4 Å². The average molecular weight is 406 g/mol. The van der Waals surface area contributed by atoms with Crippen LogP contribution in [-0.2, 0) is 11.1 Å². The first-order valence-corrected chi connectivity index (χ1v) is 11.0. The zero-order valence-electron chi connectivity index (χ0n) is 15.9. The first kappa shape index (κ1) is 19.5. The van der Waals surface area contributed by atoms with Gasteiger partial charge in [0.25, 0.3) is 0 Å². The lowest BCUT2D eigenvalue weighted by Crippen LogP contribution is -2.46. The molecule has 3 aromatic rings. The molecular weight excluding hydrogens is 383 g/mol. The van der Waals surface area contributed by atoms with Crippen molar-refractivity contribution in [2.45, 2.75) is 18.1 Å². The minimum Gasteiger partial charge on any atom is -0.324 e. The second-order valence-electron chi connectivity index (χ2n) is 7.23. The fraction of sp³-hybridized carbons (Fsp3) is 0.130. The summed E-state index contributed by atoms with van der Waals surface area (Å²) in [4.78, 5) is 19.8. The molecule has 1 atom stereocenters. The lowest BCUT2D eigenvalue weighted by Gasteiger charge is -2.28. The van der Waals surface area contributed by atoms with E-state index in [1.54, 1.807) is 18.2 Å². The van der Waals surface area contributed by atoms with Crippen LogP contribution >= 0.6 is 7.60 Å². The quantitative estimate of drug-likeness (QED) is 0.505. The maximum atomic E-state index is 12.1. The van der Waals surface area contributed by atoms with Gasteiger partial charge in [0.1, 0.15) is 0 Å². The van der Waals surface area contributed by atoms with Gasteiger partial charge in [-0.05, 0) is 17.5 Å². The highest BCUT2D eigenvalue weighted by molar-refractivity contribution is 7.53. The lowest BCUT2D eigenvalue weighted by molar-refractivity contribution is -0.699. The van der Waals surface area contributed by atoms with Crippen molar-refractivity contribution >= 4 is 7.60 Å². The summed E-state index contributed by atoms with van der Waals surface area (Å²) in [6.07, 6.45) is 15.1. The highest BCUT2D eigenvalue weighted by atomic mass is 31.2. The fourth-order valence-corrected chi connectivity index (χ4v) is 4.51. The Morgan fingerprint density at radius 2 is 1.48 bits per heavy atom. The summed E-state index contributed by atoms with van der Waals surface area (Å²) >= 11 is 0. The molecule has 2 heterocycles. The van der Waals surface area contributed by atoms with Crippen molar-refractivity contribution in [2.24, 2.45) is 0 Å². The number of pyridine rings is 2. The lowest BCUT2D eigenvalue weighted by atomic mass is 9.99. The Morgan fingerprint density at radius 1 is 0.862 bits per heavy atom. The van der Waals surface area contributed by atoms with Gasteiger partial charge in [0.05, 0.1) is 0 Å². The summed E-state index contributed by atoms with van der Waals surface area (Å²) in [5.74, 6) is 0. The van der Waals surface area contributed by atoms with Gasteiger partial charge in [0, 0.05) is 36.4 Å². The molecule has 0 radical (unpaired) electrons. The van der Waals surface area contributed by atoms with Crippen LogP contribution in [0.1, 0.15) is 6.42 Å². The van der Waals surface area contributed by atoms with E-state index in [0.29, 0.717) is 6.42 Å². The van der Waals surface area contributed by atoms with Crippen molar-refractivity contribution in [3.05, 3.63) is 104 Å². The van der Waals surface area contributed by atoms with E-state index < -0.39 is 12.8 Å². The van der Waals surface area contributed by atoms with Gasteiger partial charge >= 0.3 is 7.60 Å². The maximum Gasteiger partial charge on any atom is 0.342 e. The standard InChI is InChI=1S/C23H21N2O3P/c26-29(27,28)23(13-5-2-6-14-23)19-24-15-9-20(10-16-24)21-11-17-25(18-12-21)22-7-3-1-4-8-22/h1-13,15-18H,14,19H2/p+2. The van der Waals surface area contributed by atoms with Gasteiger partial charge in [0.2, 0.25) is 5.69 Å². The van der Waals surface area contributed by atoms with Crippen molar-refractivity contribution in [3.8, 4) is 16.8 Å². The third-order valence-corrected chi connectivity index (χ3v) is 6.90. The number of para-hydroxylation sites is 1. The monoisotopic (exact) mass is 406 g/mol. The predicted octanol–water partition coefficient (Wildman–Crippen LogP) is 3.35. The summed E-state index contributed by atoms with van der Waals surface area (Å²) in [5, 5.41) is -1.19. The molecule has 146 valence electrons. The molecule has 0 amide bonds. The topological polar surface area (TPSA) is 65.3 Å².